The molecule has 2 saturated carbocycles. The Balaban J connectivity index is 1.46. The first kappa shape index (κ1) is 31.3. The molecule has 8 heteroatoms. The van der Waals surface area contributed by atoms with Crippen molar-refractivity contribution in [2.24, 2.45) is 29.4 Å². The van der Waals surface area contributed by atoms with Crippen molar-refractivity contribution in [2.45, 2.75) is 122 Å². The lowest BCUT2D eigenvalue weighted by Gasteiger charge is -2.36. The van der Waals surface area contributed by atoms with Gasteiger partial charge < -0.3 is 25.8 Å². The fourth-order valence-corrected chi connectivity index (χ4v) is 7.28. The molecule has 0 aromatic rings. The van der Waals surface area contributed by atoms with Crippen LogP contribution in [0.5, 0.6) is 0 Å². The Labute approximate surface area is 240 Å². The Morgan fingerprint density at radius 2 is 1.93 bits per heavy atom. The van der Waals surface area contributed by atoms with Crippen molar-refractivity contribution in [2.75, 3.05) is 26.2 Å². The SMILES string of the molecule is CCCCC(CNCCC)COC(=O)C12OC1(CC=C(C)CCC1CCNC(N)C1)C(=O)C1CCCCC1C2=O. The van der Waals surface area contributed by atoms with Crippen molar-refractivity contribution < 1.29 is 23.9 Å². The van der Waals surface area contributed by atoms with Gasteiger partial charge in [-0.3, -0.25) is 9.59 Å². The van der Waals surface area contributed by atoms with E-state index < -0.39 is 23.1 Å². The molecule has 7 unspecified atom stereocenters. The van der Waals surface area contributed by atoms with Crippen molar-refractivity contribution in [3.8, 4) is 0 Å². The second-order valence-corrected chi connectivity index (χ2v) is 12.9. The van der Waals surface area contributed by atoms with E-state index in [1.165, 1.54) is 0 Å². The van der Waals surface area contributed by atoms with E-state index in [2.05, 4.69) is 31.4 Å². The fraction of sp³-hybridized carbons (Fsp3) is 0.844. The van der Waals surface area contributed by atoms with Crippen LogP contribution < -0.4 is 16.4 Å². The van der Waals surface area contributed by atoms with Crippen LogP contribution in [0.25, 0.3) is 0 Å². The number of carbonyl (C=O) groups excluding carboxylic acids is 3. The molecule has 40 heavy (non-hydrogen) atoms. The Morgan fingerprint density at radius 1 is 1.18 bits per heavy atom. The molecule has 4 rings (SSSR count). The first-order valence-electron chi connectivity index (χ1n) is 16.1. The van der Waals surface area contributed by atoms with Crippen LogP contribution in [-0.2, 0) is 23.9 Å². The van der Waals surface area contributed by atoms with Gasteiger partial charge in [0, 0.05) is 30.7 Å². The number of carbonyl (C=O) groups is 3. The molecule has 4 fully saturated rings. The summed E-state index contributed by atoms with van der Waals surface area (Å²) in [5, 5.41) is 6.73. The molecule has 8 nitrogen and oxygen atoms in total. The predicted molar refractivity (Wildman–Crippen MR) is 155 cm³/mol. The number of ketones is 2. The Morgan fingerprint density at radius 3 is 2.62 bits per heavy atom. The molecule has 2 aliphatic heterocycles. The molecule has 2 aliphatic carbocycles. The smallest absolute Gasteiger partial charge is 0.349 e. The van der Waals surface area contributed by atoms with Gasteiger partial charge >= 0.3 is 5.97 Å². The van der Waals surface area contributed by atoms with E-state index in [0.29, 0.717) is 18.8 Å². The van der Waals surface area contributed by atoms with Gasteiger partial charge in [0.1, 0.15) is 0 Å². The van der Waals surface area contributed by atoms with E-state index in [-0.39, 0.29) is 42.6 Å². The first-order chi connectivity index (χ1) is 19.3. The number of hydrogen-bond donors (Lipinski definition) is 3. The minimum absolute atomic E-state index is 0.0609. The normalized spacial score (nSPS) is 34.6. The van der Waals surface area contributed by atoms with E-state index in [1.54, 1.807) is 0 Å². The molecule has 0 amide bonds. The number of piperidine rings is 1. The molecule has 0 aromatic heterocycles. The largest absolute Gasteiger partial charge is 0.463 e. The first-order valence-corrected chi connectivity index (χ1v) is 16.1. The Kier molecular flexibility index (Phi) is 11.0. The summed E-state index contributed by atoms with van der Waals surface area (Å²) in [5.41, 5.74) is 4.06. The van der Waals surface area contributed by atoms with Crippen LogP contribution in [0.4, 0.5) is 0 Å². The van der Waals surface area contributed by atoms with Gasteiger partial charge in [-0.25, -0.2) is 4.79 Å². The maximum atomic E-state index is 13.9. The highest BCUT2D eigenvalue weighted by Crippen LogP contribution is 2.61. The summed E-state index contributed by atoms with van der Waals surface area (Å²) in [4.78, 5) is 41.6. The Bertz CT molecular complexity index is 938. The summed E-state index contributed by atoms with van der Waals surface area (Å²) in [6.07, 6.45) is 13.7. The van der Waals surface area contributed by atoms with Gasteiger partial charge in [-0.1, -0.05) is 51.2 Å². The summed E-state index contributed by atoms with van der Waals surface area (Å²) >= 11 is 0. The zero-order valence-corrected chi connectivity index (χ0v) is 25.1. The van der Waals surface area contributed by atoms with Gasteiger partial charge in [0.25, 0.3) is 5.60 Å². The fourth-order valence-electron chi connectivity index (χ4n) is 7.28. The molecule has 0 radical (unpaired) electrons. The van der Waals surface area contributed by atoms with E-state index in [4.69, 9.17) is 15.2 Å². The third-order valence-electron chi connectivity index (χ3n) is 9.83. The van der Waals surface area contributed by atoms with Crippen LogP contribution in [0.1, 0.15) is 104 Å². The number of esters is 1. The lowest BCUT2D eigenvalue weighted by molar-refractivity contribution is -0.159. The number of fused-ring (bicyclic) bond motifs is 2. The summed E-state index contributed by atoms with van der Waals surface area (Å²) in [5.74, 6) is -0.952. The zero-order valence-electron chi connectivity index (χ0n) is 25.1. The van der Waals surface area contributed by atoms with Gasteiger partial charge in [0.15, 0.2) is 17.2 Å². The standard InChI is InChI=1S/C32H53N3O5/c1-4-6-9-24(20-34-17-5-2)21-39-30(38)32-29(37)26-11-8-7-10-25(26)28(36)31(32,40-32)16-14-22(3)12-13-23-15-18-35-27(33)19-23/h14,23-27,34-35H,4-13,15-21,33H2,1-3H3. The van der Waals surface area contributed by atoms with Gasteiger partial charge in [-0.05, 0) is 77.3 Å². The molecular weight excluding hydrogens is 506 g/mol. The third kappa shape index (κ3) is 6.55. The number of allylic oxidation sites excluding steroid dienone is 1. The Hall–Kier alpha value is -1.61. The summed E-state index contributed by atoms with van der Waals surface area (Å²) in [6, 6.07) is 0. The highest BCUT2D eigenvalue weighted by molar-refractivity contribution is 6.23. The van der Waals surface area contributed by atoms with E-state index in [9.17, 15) is 14.4 Å². The second-order valence-electron chi connectivity index (χ2n) is 12.9. The molecule has 4 aliphatic rings. The number of nitrogens with one attached hydrogen (secondary N) is 2. The molecule has 2 heterocycles. The molecular formula is C32H53N3O5. The maximum absolute atomic E-state index is 13.9. The number of unbranched alkanes of at least 4 members (excludes halogenated alkanes) is 1. The zero-order chi connectivity index (χ0) is 28.8. The van der Waals surface area contributed by atoms with Crippen molar-refractivity contribution in [1.82, 2.24) is 10.6 Å². The summed E-state index contributed by atoms with van der Waals surface area (Å²) in [6.45, 7) is 9.21. The highest BCUT2D eigenvalue weighted by atomic mass is 16.7. The molecule has 4 N–H and O–H groups in total. The molecule has 0 bridgehead atoms. The van der Waals surface area contributed by atoms with Crippen LogP contribution >= 0.6 is 0 Å². The lowest BCUT2D eigenvalue weighted by Crippen LogP contribution is -2.58. The van der Waals surface area contributed by atoms with Crippen LogP contribution in [0.2, 0.25) is 0 Å². The minimum atomic E-state index is -1.77. The van der Waals surface area contributed by atoms with Gasteiger partial charge in [-0.15, -0.1) is 0 Å². The maximum Gasteiger partial charge on any atom is 0.349 e. The van der Waals surface area contributed by atoms with Crippen molar-refractivity contribution in [3.05, 3.63) is 11.6 Å². The van der Waals surface area contributed by atoms with Crippen LogP contribution in [0.3, 0.4) is 0 Å². The van der Waals surface area contributed by atoms with E-state index in [1.807, 2.05) is 6.08 Å². The van der Waals surface area contributed by atoms with Crippen molar-refractivity contribution >= 4 is 17.5 Å². The van der Waals surface area contributed by atoms with E-state index >= 15 is 0 Å². The number of hydrogen-bond acceptors (Lipinski definition) is 8. The van der Waals surface area contributed by atoms with Crippen LogP contribution in [-0.4, -0.2) is 61.1 Å². The average molecular weight is 560 g/mol. The molecule has 2 saturated heterocycles. The average Bonchev–Trinajstić information content (AvgIpc) is 3.67. The topological polar surface area (TPSA) is 123 Å². The van der Waals surface area contributed by atoms with Gasteiger partial charge in [-0.2, -0.15) is 0 Å². The van der Waals surface area contributed by atoms with Crippen LogP contribution in [0.15, 0.2) is 11.6 Å². The van der Waals surface area contributed by atoms with Crippen LogP contribution in [0, 0.1) is 23.7 Å². The van der Waals surface area contributed by atoms with Crippen molar-refractivity contribution in [1.29, 1.82) is 0 Å². The number of ether oxygens (including phenoxy) is 2. The number of nitrogens with two attached hydrogens (primary N) is 1. The molecule has 0 spiro atoms. The predicted octanol–water partition coefficient (Wildman–Crippen LogP) is 4.20. The van der Waals surface area contributed by atoms with Gasteiger partial charge in [0.05, 0.1) is 12.8 Å². The summed E-state index contributed by atoms with van der Waals surface area (Å²) < 4.78 is 12.0. The number of rotatable bonds is 15. The summed E-state index contributed by atoms with van der Waals surface area (Å²) in [7, 11) is 0. The highest BCUT2D eigenvalue weighted by Gasteiger charge is 2.86. The second kappa shape index (κ2) is 14.0. The molecule has 7 atom stereocenters. The quantitative estimate of drug-likeness (QED) is 0.0897. The third-order valence-corrected chi connectivity index (χ3v) is 9.83. The monoisotopic (exact) mass is 559 g/mol. The number of Topliss-reactive ketones (excluding diaryl/α,β-unsaturated/α-hetero) is 2. The van der Waals surface area contributed by atoms with Gasteiger partial charge in [0.2, 0.25) is 0 Å². The minimum Gasteiger partial charge on any atom is -0.463 e. The lowest BCUT2D eigenvalue weighted by atomic mass is 9.61. The van der Waals surface area contributed by atoms with Crippen molar-refractivity contribution in [3.63, 3.8) is 0 Å². The number of epoxide rings is 1. The molecule has 226 valence electrons. The molecule has 0 aromatic carbocycles. The van der Waals surface area contributed by atoms with E-state index in [0.717, 1.165) is 89.4 Å².